The number of hydrogen-bond acceptors (Lipinski definition) is 3. The molecule has 0 aromatic carbocycles. The van der Waals surface area contributed by atoms with Gasteiger partial charge >= 0.3 is 23.7 Å². The van der Waals surface area contributed by atoms with Crippen molar-refractivity contribution in [2.45, 2.75) is 53.4 Å². The maximum absolute atomic E-state index is 8.82. The molecule has 108 valence electrons. The molecule has 0 heterocycles. The second kappa shape index (κ2) is 13.9. The van der Waals surface area contributed by atoms with Gasteiger partial charge in [0.25, 0.3) is 0 Å². The van der Waals surface area contributed by atoms with Crippen LogP contribution in [0.25, 0.3) is 0 Å². The SMILES string of the molecule is CCC(CC)(CO)CO.[CH2-]C([CH2-])(CC)CC.[O]=[Ti+2]. The fraction of sp³-hybridized carbons (Fsp3) is 0.857. The average molecular weight is 294 g/mol. The second-order valence-corrected chi connectivity index (χ2v) is 4.73. The summed E-state index contributed by atoms with van der Waals surface area (Å²) in [6.45, 7) is 16.2. The molecular formula is C14H30O3Ti. The van der Waals surface area contributed by atoms with Crippen molar-refractivity contribution in [1.29, 1.82) is 0 Å². The van der Waals surface area contributed by atoms with Crippen LogP contribution in [0.3, 0.4) is 0 Å². The van der Waals surface area contributed by atoms with Gasteiger partial charge in [0.1, 0.15) is 0 Å². The Bertz CT molecular complexity index is 145. The Kier molecular flexibility index (Phi) is 18.1. The van der Waals surface area contributed by atoms with Crippen LogP contribution in [0.1, 0.15) is 53.4 Å². The standard InChI is InChI=1S/C7H16O2.C7H14.O.Ti/c1-3-7(4-2,5-8)6-9;1-5-7(3,4)6-2;;/h8-9H,3-6H2,1-2H3;3-6H2,1-2H3;;/q;-2;;+2. The van der Waals surface area contributed by atoms with Gasteiger partial charge < -0.3 is 24.1 Å². The molecular weight excluding hydrogens is 264 g/mol. The van der Waals surface area contributed by atoms with E-state index in [1.54, 1.807) is 0 Å². The van der Waals surface area contributed by atoms with Crippen LogP contribution in [0.5, 0.6) is 0 Å². The van der Waals surface area contributed by atoms with Gasteiger partial charge in [0.15, 0.2) is 0 Å². The first-order valence-electron chi connectivity index (χ1n) is 6.49. The number of aliphatic hydroxyl groups is 2. The molecule has 4 heteroatoms. The molecule has 0 bridgehead atoms. The topological polar surface area (TPSA) is 57.5 Å². The van der Waals surface area contributed by atoms with Crippen LogP contribution >= 0.6 is 0 Å². The molecule has 0 unspecified atom stereocenters. The van der Waals surface area contributed by atoms with Crippen molar-refractivity contribution in [3.8, 4) is 0 Å². The summed E-state index contributed by atoms with van der Waals surface area (Å²) in [4.78, 5) is 0. The van der Waals surface area contributed by atoms with E-state index in [1.807, 2.05) is 13.8 Å². The zero-order chi connectivity index (χ0) is 15.2. The summed E-state index contributed by atoms with van der Waals surface area (Å²) in [5.41, 5.74) is -0.139. The summed E-state index contributed by atoms with van der Waals surface area (Å²) in [6, 6.07) is 0. The first-order valence-corrected chi connectivity index (χ1v) is 7.13. The minimum absolute atomic E-state index is 0.0833. The Labute approximate surface area is 125 Å². The minimum atomic E-state index is -0.222. The molecule has 0 spiro atoms. The summed E-state index contributed by atoms with van der Waals surface area (Å²) in [7, 11) is 0. The van der Waals surface area contributed by atoms with Crippen molar-refractivity contribution in [2.24, 2.45) is 10.8 Å². The molecule has 0 atom stereocenters. The van der Waals surface area contributed by atoms with Crippen molar-refractivity contribution in [3.05, 3.63) is 13.8 Å². The molecule has 18 heavy (non-hydrogen) atoms. The summed E-state index contributed by atoms with van der Waals surface area (Å²) in [5.74, 6) is 0. The zero-order valence-corrected chi connectivity index (χ0v) is 14.0. The van der Waals surface area contributed by atoms with Gasteiger partial charge in [-0.3, -0.25) is 5.41 Å². The predicted molar refractivity (Wildman–Crippen MR) is 71.6 cm³/mol. The van der Waals surface area contributed by atoms with Crippen molar-refractivity contribution in [2.75, 3.05) is 13.2 Å². The molecule has 0 rings (SSSR count). The van der Waals surface area contributed by atoms with Gasteiger partial charge in [-0.2, -0.15) is 0 Å². The molecule has 0 fully saturated rings. The fourth-order valence-electron chi connectivity index (χ4n) is 0.997. The van der Waals surface area contributed by atoms with E-state index in [1.165, 1.54) is 0 Å². The van der Waals surface area contributed by atoms with Gasteiger partial charge in [0, 0.05) is 5.41 Å². The molecule has 0 aliphatic heterocycles. The number of aliphatic hydroxyl groups excluding tert-OH is 2. The van der Waals surface area contributed by atoms with Gasteiger partial charge in [-0.05, 0) is 12.8 Å². The zero-order valence-electron chi connectivity index (χ0n) is 12.5. The molecule has 0 aliphatic carbocycles. The van der Waals surface area contributed by atoms with E-state index in [4.69, 9.17) is 13.5 Å². The third-order valence-corrected chi connectivity index (χ3v) is 3.67. The van der Waals surface area contributed by atoms with E-state index >= 15 is 0 Å². The average Bonchev–Trinajstić information content (AvgIpc) is 2.45. The number of hydrogen-bond donors (Lipinski definition) is 2. The third-order valence-electron chi connectivity index (χ3n) is 3.67. The Morgan fingerprint density at radius 3 is 1.11 bits per heavy atom. The van der Waals surface area contributed by atoms with Crippen LogP contribution in [0.15, 0.2) is 0 Å². The predicted octanol–water partition coefficient (Wildman–Crippen LogP) is 3.12. The van der Waals surface area contributed by atoms with Gasteiger partial charge in [0.05, 0.1) is 13.2 Å². The van der Waals surface area contributed by atoms with Crippen LogP contribution < -0.4 is 0 Å². The van der Waals surface area contributed by atoms with Crippen LogP contribution in [-0.2, 0) is 23.7 Å². The quantitative estimate of drug-likeness (QED) is 0.584. The first kappa shape index (κ1) is 23.5. The van der Waals surface area contributed by atoms with E-state index in [-0.39, 0.29) is 24.0 Å². The van der Waals surface area contributed by atoms with Gasteiger partial charge in [-0.1, -0.05) is 27.7 Å². The van der Waals surface area contributed by atoms with Crippen molar-refractivity contribution < 1.29 is 33.9 Å². The fourth-order valence-corrected chi connectivity index (χ4v) is 0.997. The van der Waals surface area contributed by atoms with E-state index < -0.39 is 0 Å². The monoisotopic (exact) mass is 294 g/mol. The van der Waals surface area contributed by atoms with E-state index in [0.717, 1.165) is 46.1 Å². The van der Waals surface area contributed by atoms with Crippen LogP contribution in [0.2, 0.25) is 0 Å². The van der Waals surface area contributed by atoms with Crippen molar-refractivity contribution in [1.82, 2.24) is 0 Å². The van der Waals surface area contributed by atoms with Gasteiger partial charge in [-0.15, -0.1) is 12.8 Å². The summed E-state index contributed by atoms with van der Waals surface area (Å²) >= 11 is 0.750. The normalized spacial score (nSPS) is 11.0. The molecule has 0 saturated heterocycles. The molecule has 0 amide bonds. The Morgan fingerprint density at radius 2 is 1.11 bits per heavy atom. The summed E-state index contributed by atoms with van der Waals surface area (Å²) < 4.78 is 8.25. The third kappa shape index (κ3) is 11.5. The van der Waals surface area contributed by atoms with Crippen molar-refractivity contribution in [3.63, 3.8) is 0 Å². The summed E-state index contributed by atoms with van der Waals surface area (Å²) in [5, 5.41) is 17.6. The molecule has 0 aliphatic rings. The Balaban J connectivity index is -0.000000225. The molecule has 0 radical (unpaired) electrons. The second-order valence-electron chi connectivity index (χ2n) is 4.73. The Morgan fingerprint density at radius 1 is 0.833 bits per heavy atom. The maximum atomic E-state index is 8.82. The van der Waals surface area contributed by atoms with Crippen LogP contribution in [0.4, 0.5) is 0 Å². The molecule has 0 saturated carbocycles. The molecule has 3 nitrogen and oxygen atoms in total. The summed E-state index contributed by atoms with van der Waals surface area (Å²) in [6.07, 6.45) is 3.83. The van der Waals surface area contributed by atoms with Crippen molar-refractivity contribution >= 4 is 0 Å². The van der Waals surface area contributed by atoms with E-state index in [2.05, 4.69) is 27.7 Å². The van der Waals surface area contributed by atoms with E-state index in [0.29, 0.717) is 0 Å². The van der Waals surface area contributed by atoms with Gasteiger partial charge in [0.2, 0.25) is 0 Å². The molecule has 0 aromatic rings. The van der Waals surface area contributed by atoms with E-state index in [9.17, 15) is 0 Å². The molecule has 0 aromatic heterocycles. The van der Waals surface area contributed by atoms with Gasteiger partial charge in [-0.25, -0.2) is 0 Å². The Hall–Kier alpha value is 0.434. The number of rotatable bonds is 6. The van der Waals surface area contributed by atoms with Crippen LogP contribution in [0, 0.1) is 24.7 Å². The van der Waals surface area contributed by atoms with Crippen LogP contribution in [-0.4, -0.2) is 23.4 Å². The first-order chi connectivity index (χ1) is 8.36. The molecule has 2 N–H and O–H groups in total.